The molecule has 0 aromatic carbocycles. The fraction of sp³-hybridized carbons (Fsp3) is 0.800. The lowest BCUT2D eigenvalue weighted by molar-refractivity contribution is -0.0395. The first-order valence-corrected chi connectivity index (χ1v) is 9.07. The van der Waals surface area contributed by atoms with Gasteiger partial charge in [-0.3, -0.25) is 0 Å². The van der Waals surface area contributed by atoms with Gasteiger partial charge < -0.3 is 4.74 Å². The van der Waals surface area contributed by atoms with Gasteiger partial charge >= 0.3 is 0 Å². The lowest BCUT2D eigenvalue weighted by Crippen LogP contribution is -2.49. The van der Waals surface area contributed by atoms with Gasteiger partial charge in [-0.2, -0.15) is 0 Å². The molecule has 0 unspecified atom stereocenters. The van der Waals surface area contributed by atoms with Gasteiger partial charge in [-0.15, -0.1) is 0 Å². The molecule has 0 aromatic heterocycles. The molecule has 0 spiro atoms. The van der Waals surface area contributed by atoms with E-state index in [1.54, 1.807) is 5.57 Å². The molecule has 6 atom stereocenters. The number of halogens is 1. The average Bonchev–Trinajstić information content (AvgIpc) is 2.82. The Bertz CT molecular complexity index is 536. The zero-order valence-corrected chi connectivity index (χ0v) is 14.2. The number of hydrogen-bond acceptors (Lipinski definition) is 1. The van der Waals surface area contributed by atoms with Gasteiger partial charge in [0.05, 0.1) is 6.10 Å². The predicted molar refractivity (Wildman–Crippen MR) is 87.1 cm³/mol. The molecule has 0 heterocycles. The molecule has 0 saturated heterocycles. The third-order valence-electron chi connectivity index (χ3n) is 7.88. The third kappa shape index (κ3) is 1.85. The fourth-order valence-electron chi connectivity index (χ4n) is 6.34. The Kier molecular flexibility index (Phi) is 3.35. The maximum atomic E-state index is 14.4. The summed E-state index contributed by atoms with van der Waals surface area (Å²) in [6.07, 6.45) is 12.7. The van der Waals surface area contributed by atoms with E-state index in [0.29, 0.717) is 23.4 Å². The molecule has 4 aliphatic rings. The van der Waals surface area contributed by atoms with Crippen molar-refractivity contribution >= 4 is 0 Å². The predicted octanol–water partition coefficient (Wildman–Crippen LogP) is 5.43. The Hall–Kier alpha value is -0.630. The second-order valence-electron chi connectivity index (χ2n) is 8.60. The van der Waals surface area contributed by atoms with Crippen LogP contribution in [0.4, 0.5) is 4.39 Å². The number of ether oxygens (including phenoxy) is 1. The van der Waals surface area contributed by atoms with E-state index in [4.69, 9.17) is 4.74 Å². The first-order valence-electron chi connectivity index (χ1n) is 9.07. The van der Waals surface area contributed by atoms with Crippen molar-refractivity contribution in [2.45, 2.75) is 64.9 Å². The largest absolute Gasteiger partial charge is 0.381 e. The molecular weight excluding hydrogens is 275 g/mol. The van der Waals surface area contributed by atoms with Crippen molar-refractivity contribution in [3.8, 4) is 0 Å². The molecule has 2 heteroatoms. The van der Waals surface area contributed by atoms with Crippen molar-refractivity contribution in [3.63, 3.8) is 0 Å². The molecule has 0 bridgehead atoms. The van der Waals surface area contributed by atoms with Gasteiger partial charge in [-0.1, -0.05) is 31.6 Å². The van der Waals surface area contributed by atoms with Crippen LogP contribution >= 0.6 is 0 Å². The van der Waals surface area contributed by atoms with Gasteiger partial charge in [0.25, 0.3) is 0 Å². The van der Waals surface area contributed by atoms with Crippen molar-refractivity contribution in [2.75, 3.05) is 7.11 Å². The smallest absolute Gasteiger partial charge is 0.102 e. The SMILES string of the molecule is CO[C@H]1CC[C@@]2(C)C(=CC[C@@H]3[C@@H]2CC[C@]2(C)C(F)=CC[C@@H]32)C1. The van der Waals surface area contributed by atoms with Crippen LogP contribution in [0.2, 0.25) is 0 Å². The second-order valence-corrected chi connectivity index (χ2v) is 8.60. The topological polar surface area (TPSA) is 9.23 Å². The van der Waals surface area contributed by atoms with E-state index in [0.717, 1.165) is 31.6 Å². The molecule has 22 heavy (non-hydrogen) atoms. The van der Waals surface area contributed by atoms with E-state index in [-0.39, 0.29) is 11.2 Å². The van der Waals surface area contributed by atoms with Crippen LogP contribution in [0.3, 0.4) is 0 Å². The standard InChI is InChI=1S/C20H29FO/c1-19-10-8-14(22-3)12-13(19)4-5-15-16-6-7-18(21)20(16,2)11-9-17(15)19/h4,7,14-17H,5-6,8-12H2,1-3H3/t14-,15-,16-,17-,19-,20-/m0/s1. The minimum Gasteiger partial charge on any atom is -0.381 e. The van der Waals surface area contributed by atoms with Crippen molar-refractivity contribution in [3.05, 3.63) is 23.6 Å². The Labute approximate surface area is 134 Å². The van der Waals surface area contributed by atoms with Gasteiger partial charge in [0.15, 0.2) is 0 Å². The number of methoxy groups -OCH3 is 1. The molecule has 0 radical (unpaired) electrons. The highest BCUT2D eigenvalue weighted by molar-refractivity contribution is 5.28. The number of allylic oxidation sites excluding steroid dienone is 3. The summed E-state index contributed by atoms with van der Waals surface area (Å²) in [4.78, 5) is 0. The Balaban J connectivity index is 1.65. The van der Waals surface area contributed by atoms with Gasteiger partial charge in [0, 0.05) is 12.5 Å². The molecule has 1 nitrogen and oxygen atoms in total. The maximum Gasteiger partial charge on any atom is 0.102 e. The van der Waals surface area contributed by atoms with Gasteiger partial charge in [0.1, 0.15) is 5.83 Å². The summed E-state index contributed by atoms with van der Waals surface area (Å²) < 4.78 is 20.0. The molecule has 2 fully saturated rings. The van der Waals surface area contributed by atoms with Crippen molar-refractivity contribution in [2.24, 2.45) is 28.6 Å². The van der Waals surface area contributed by atoms with Crippen LogP contribution < -0.4 is 0 Å². The maximum absolute atomic E-state index is 14.4. The van der Waals surface area contributed by atoms with Crippen molar-refractivity contribution < 1.29 is 9.13 Å². The summed E-state index contributed by atoms with van der Waals surface area (Å²) in [5, 5.41) is 0. The molecule has 4 rings (SSSR count). The van der Waals surface area contributed by atoms with E-state index in [1.165, 1.54) is 19.3 Å². The summed E-state index contributed by atoms with van der Waals surface area (Å²) in [7, 11) is 1.85. The average molecular weight is 304 g/mol. The van der Waals surface area contributed by atoms with Crippen LogP contribution in [-0.2, 0) is 4.74 Å². The highest BCUT2D eigenvalue weighted by Gasteiger charge is 2.57. The van der Waals surface area contributed by atoms with Crippen LogP contribution in [0.25, 0.3) is 0 Å². The molecule has 0 aromatic rings. The number of hydrogen-bond donors (Lipinski definition) is 0. The van der Waals surface area contributed by atoms with Crippen LogP contribution in [0.5, 0.6) is 0 Å². The van der Waals surface area contributed by atoms with Crippen LogP contribution in [-0.4, -0.2) is 13.2 Å². The quantitative estimate of drug-likeness (QED) is 0.587. The van der Waals surface area contributed by atoms with E-state index in [1.807, 2.05) is 13.2 Å². The number of fused-ring (bicyclic) bond motifs is 5. The number of rotatable bonds is 1. The Morgan fingerprint density at radius 1 is 1.05 bits per heavy atom. The van der Waals surface area contributed by atoms with Crippen LogP contribution in [0.1, 0.15) is 58.8 Å². The molecule has 2 saturated carbocycles. The summed E-state index contributed by atoms with van der Waals surface area (Å²) in [5.74, 6) is 2.14. The highest BCUT2D eigenvalue weighted by atomic mass is 19.1. The summed E-state index contributed by atoms with van der Waals surface area (Å²) >= 11 is 0. The van der Waals surface area contributed by atoms with E-state index < -0.39 is 0 Å². The van der Waals surface area contributed by atoms with E-state index in [9.17, 15) is 4.39 Å². The molecule has 0 aliphatic heterocycles. The van der Waals surface area contributed by atoms with Crippen molar-refractivity contribution in [1.82, 2.24) is 0 Å². The van der Waals surface area contributed by atoms with Crippen LogP contribution in [0, 0.1) is 28.6 Å². The summed E-state index contributed by atoms with van der Waals surface area (Å²) in [6.45, 7) is 4.67. The van der Waals surface area contributed by atoms with Crippen molar-refractivity contribution in [1.29, 1.82) is 0 Å². The zero-order chi connectivity index (χ0) is 15.5. The molecular formula is C20H29FO. The minimum absolute atomic E-state index is 0.160. The normalized spacial score (nSPS) is 50.5. The second kappa shape index (κ2) is 4.93. The van der Waals surface area contributed by atoms with Gasteiger partial charge in [-0.05, 0) is 68.1 Å². The van der Waals surface area contributed by atoms with Gasteiger partial charge in [-0.25, -0.2) is 4.39 Å². The summed E-state index contributed by atoms with van der Waals surface area (Å²) in [5.41, 5.74) is 1.83. The highest BCUT2D eigenvalue weighted by Crippen LogP contribution is 2.65. The van der Waals surface area contributed by atoms with E-state index >= 15 is 0 Å². The molecule has 122 valence electrons. The Morgan fingerprint density at radius 2 is 1.82 bits per heavy atom. The first-order chi connectivity index (χ1) is 10.5. The van der Waals surface area contributed by atoms with Gasteiger partial charge in [0.2, 0.25) is 0 Å². The lowest BCUT2D eigenvalue weighted by atomic mass is 9.48. The monoisotopic (exact) mass is 304 g/mol. The minimum atomic E-state index is -0.160. The Morgan fingerprint density at radius 3 is 2.59 bits per heavy atom. The molecule has 0 N–H and O–H groups in total. The summed E-state index contributed by atoms with van der Waals surface area (Å²) in [6, 6.07) is 0. The zero-order valence-electron chi connectivity index (χ0n) is 14.2. The van der Waals surface area contributed by atoms with Crippen LogP contribution in [0.15, 0.2) is 23.6 Å². The third-order valence-corrected chi connectivity index (χ3v) is 7.88. The fourth-order valence-corrected chi connectivity index (χ4v) is 6.34. The molecule has 4 aliphatic carbocycles. The van der Waals surface area contributed by atoms with E-state index in [2.05, 4.69) is 19.9 Å². The molecule has 0 amide bonds. The lowest BCUT2D eigenvalue weighted by Gasteiger charge is -2.57. The first kappa shape index (κ1) is 14.9.